The van der Waals surface area contributed by atoms with Crippen molar-refractivity contribution in [3.63, 3.8) is 0 Å². The number of carbonyl (C=O) groups excluding carboxylic acids is 2. The Morgan fingerprint density at radius 1 is 1.47 bits per heavy atom. The van der Waals surface area contributed by atoms with Gasteiger partial charge in [0.2, 0.25) is 5.91 Å². The molecule has 0 aliphatic carbocycles. The van der Waals surface area contributed by atoms with Crippen LogP contribution in [0.3, 0.4) is 0 Å². The lowest BCUT2D eigenvalue weighted by Crippen LogP contribution is -2.34. The van der Waals surface area contributed by atoms with Crippen LogP contribution in [0.25, 0.3) is 0 Å². The van der Waals surface area contributed by atoms with E-state index in [0.29, 0.717) is 6.61 Å². The highest BCUT2D eigenvalue weighted by atomic mass is 32.1. The maximum atomic E-state index is 11.9. The van der Waals surface area contributed by atoms with E-state index in [-0.39, 0.29) is 36.3 Å². The SMILES string of the molecule is CCOC(=O)CCN(C)C(=O)Cn1c(C)csc1=O. The van der Waals surface area contributed by atoms with E-state index in [1.165, 1.54) is 9.47 Å². The van der Waals surface area contributed by atoms with Gasteiger partial charge in [-0.3, -0.25) is 19.0 Å². The molecule has 19 heavy (non-hydrogen) atoms. The van der Waals surface area contributed by atoms with Crippen molar-refractivity contribution < 1.29 is 14.3 Å². The van der Waals surface area contributed by atoms with Crippen molar-refractivity contribution in [1.29, 1.82) is 0 Å². The predicted molar refractivity (Wildman–Crippen MR) is 72.2 cm³/mol. The van der Waals surface area contributed by atoms with Crippen molar-refractivity contribution in [3.05, 3.63) is 20.7 Å². The molecule has 106 valence electrons. The summed E-state index contributed by atoms with van der Waals surface area (Å²) in [5, 5.41) is 1.72. The fourth-order valence-electron chi connectivity index (χ4n) is 1.47. The molecule has 1 aromatic heterocycles. The molecule has 0 unspecified atom stereocenters. The summed E-state index contributed by atoms with van der Waals surface area (Å²) in [6.07, 6.45) is 0.160. The van der Waals surface area contributed by atoms with E-state index in [2.05, 4.69) is 0 Å². The van der Waals surface area contributed by atoms with Gasteiger partial charge in [0.1, 0.15) is 6.54 Å². The lowest BCUT2D eigenvalue weighted by Gasteiger charge is -2.17. The van der Waals surface area contributed by atoms with E-state index < -0.39 is 0 Å². The van der Waals surface area contributed by atoms with Gasteiger partial charge in [-0.2, -0.15) is 0 Å². The summed E-state index contributed by atoms with van der Waals surface area (Å²) in [6, 6.07) is 0. The van der Waals surface area contributed by atoms with Crippen LogP contribution in [0, 0.1) is 6.92 Å². The Kier molecular flexibility index (Phi) is 5.75. The first-order valence-electron chi connectivity index (χ1n) is 6.00. The Morgan fingerprint density at radius 3 is 2.68 bits per heavy atom. The van der Waals surface area contributed by atoms with Crippen LogP contribution in [0.1, 0.15) is 19.0 Å². The van der Waals surface area contributed by atoms with Crippen LogP contribution in [0.2, 0.25) is 0 Å². The molecule has 0 fully saturated rings. The highest BCUT2D eigenvalue weighted by Crippen LogP contribution is 2.01. The van der Waals surface area contributed by atoms with Crippen LogP contribution in [-0.4, -0.2) is 41.5 Å². The second-order valence-electron chi connectivity index (χ2n) is 4.10. The van der Waals surface area contributed by atoms with Crippen LogP contribution in [0.4, 0.5) is 0 Å². The zero-order valence-electron chi connectivity index (χ0n) is 11.3. The Balaban J connectivity index is 2.50. The van der Waals surface area contributed by atoms with Crippen molar-refractivity contribution >= 4 is 23.2 Å². The molecule has 0 aromatic carbocycles. The second kappa shape index (κ2) is 7.08. The Bertz CT molecular complexity index is 506. The minimum Gasteiger partial charge on any atom is -0.466 e. The van der Waals surface area contributed by atoms with Gasteiger partial charge in [-0.1, -0.05) is 11.3 Å². The zero-order chi connectivity index (χ0) is 14.4. The average Bonchev–Trinajstić information content (AvgIpc) is 2.68. The number of hydrogen-bond acceptors (Lipinski definition) is 5. The second-order valence-corrected chi connectivity index (χ2v) is 4.92. The molecule has 0 aliphatic heterocycles. The topological polar surface area (TPSA) is 68.6 Å². The molecule has 0 saturated carbocycles. The van der Waals surface area contributed by atoms with E-state index in [1.54, 1.807) is 26.3 Å². The van der Waals surface area contributed by atoms with E-state index in [9.17, 15) is 14.4 Å². The number of carbonyl (C=O) groups is 2. The summed E-state index contributed by atoms with van der Waals surface area (Å²) < 4.78 is 6.21. The van der Waals surface area contributed by atoms with Crippen LogP contribution in [0.5, 0.6) is 0 Å². The molecule has 1 heterocycles. The van der Waals surface area contributed by atoms with Crippen molar-refractivity contribution in [1.82, 2.24) is 9.47 Å². The summed E-state index contributed by atoms with van der Waals surface area (Å²) in [5.41, 5.74) is 0.766. The molecule has 0 bridgehead atoms. The van der Waals surface area contributed by atoms with E-state index >= 15 is 0 Å². The van der Waals surface area contributed by atoms with Crippen molar-refractivity contribution in [2.45, 2.75) is 26.8 Å². The maximum Gasteiger partial charge on any atom is 0.307 e. The fourth-order valence-corrected chi connectivity index (χ4v) is 2.20. The smallest absolute Gasteiger partial charge is 0.307 e. The molecule has 6 nitrogen and oxygen atoms in total. The lowest BCUT2D eigenvalue weighted by molar-refractivity contribution is -0.143. The third-order valence-corrected chi connectivity index (χ3v) is 3.53. The first-order chi connectivity index (χ1) is 8.95. The van der Waals surface area contributed by atoms with Crippen LogP contribution >= 0.6 is 11.3 Å². The molecule has 0 saturated heterocycles. The van der Waals surface area contributed by atoms with Crippen molar-refractivity contribution in [2.24, 2.45) is 0 Å². The number of esters is 1. The predicted octanol–water partition coefficient (Wildman–Crippen LogP) is 0.630. The number of rotatable bonds is 6. The number of aryl methyl sites for hydroxylation is 1. The molecule has 0 aliphatic rings. The normalized spacial score (nSPS) is 10.3. The Labute approximate surface area is 115 Å². The summed E-state index contributed by atoms with van der Waals surface area (Å²) in [6.45, 7) is 4.14. The summed E-state index contributed by atoms with van der Waals surface area (Å²) >= 11 is 1.07. The van der Waals surface area contributed by atoms with Gasteiger partial charge in [0, 0.05) is 24.7 Å². The van der Waals surface area contributed by atoms with Crippen LogP contribution in [-0.2, 0) is 20.9 Å². The molecule has 1 aromatic rings. The van der Waals surface area contributed by atoms with Gasteiger partial charge in [-0.05, 0) is 13.8 Å². The third kappa shape index (κ3) is 4.51. The quantitative estimate of drug-likeness (QED) is 0.719. The van der Waals surface area contributed by atoms with Gasteiger partial charge in [0.05, 0.1) is 13.0 Å². The molecule has 1 rings (SSSR count). The van der Waals surface area contributed by atoms with Gasteiger partial charge < -0.3 is 9.64 Å². The molecule has 7 heteroatoms. The Morgan fingerprint density at radius 2 is 2.16 bits per heavy atom. The molecule has 0 N–H and O–H groups in total. The van der Waals surface area contributed by atoms with Crippen LogP contribution in [0.15, 0.2) is 10.2 Å². The number of hydrogen-bond donors (Lipinski definition) is 0. The van der Waals surface area contributed by atoms with Gasteiger partial charge in [-0.15, -0.1) is 0 Å². The number of nitrogens with zero attached hydrogens (tertiary/aromatic N) is 2. The maximum absolute atomic E-state index is 11.9. The molecular formula is C12H18N2O4S. The minimum absolute atomic E-state index is 0.00743. The molecular weight excluding hydrogens is 268 g/mol. The monoisotopic (exact) mass is 286 g/mol. The third-order valence-electron chi connectivity index (χ3n) is 2.65. The Hall–Kier alpha value is -1.63. The van der Waals surface area contributed by atoms with Crippen molar-refractivity contribution in [2.75, 3.05) is 20.2 Å². The first-order valence-corrected chi connectivity index (χ1v) is 6.88. The van der Waals surface area contributed by atoms with Crippen LogP contribution < -0.4 is 4.87 Å². The zero-order valence-corrected chi connectivity index (χ0v) is 12.2. The molecule has 0 radical (unpaired) electrons. The van der Waals surface area contributed by atoms with E-state index in [0.717, 1.165) is 17.0 Å². The first kappa shape index (κ1) is 15.4. The van der Waals surface area contributed by atoms with Gasteiger partial charge >= 0.3 is 10.8 Å². The highest BCUT2D eigenvalue weighted by molar-refractivity contribution is 7.07. The lowest BCUT2D eigenvalue weighted by atomic mass is 10.4. The molecule has 1 amide bonds. The highest BCUT2D eigenvalue weighted by Gasteiger charge is 2.14. The van der Waals surface area contributed by atoms with Crippen molar-refractivity contribution in [3.8, 4) is 0 Å². The fraction of sp³-hybridized carbons (Fsp3) is 0.583. The standard InChI is InChI=1S/C12H18N2O4S/c1-4-18-11(16)5-6-13(3)10(15)7-14-9(2)8-19-12(14)17/h8H,4-7H2,1-3H3. The van der Waals surface area contributed by atoms with Gasteiger partial charge in [0.15, 0.2) is 0 Å². The number of thiazole rings is 1. The number of ether oxygens (including phenoxy) is 1. The summed E-state index contributed by atoms with van der Waals surface area (Å²) in [4.78, 5) is 35.9. The summed E-state index contributed by atoms with van der Waals surface area (Å²) in [7, 11) is 1.61. The largest absolute Gasteiger partial charge is 0.466 e. The summed E-state index contributed by atoms with van der Waals surface area (Å²) in [5.74, 6) is -0.529. The van der Waals surface area contributed by atoms with E-state index in [4.69, 9.17) is 4.74 Å². The molecule has 0 atom stereocenters. The van der Waals surface area contributed by atoms with E-state index in [1.807, 2.05) is 0 Å². The van der Waals surface area contributed by atoms with Gasteiger partial charge in [-0.25, -0.2) is 0 Å². The average molecular weight is 286 g/mol. The number of likely N-dealkylation sites (N-methyl/N-ethyl adjacent to an activating group) is 1. The van der Waals surface area contributed by atoms with Gasteiger partial charge in [0.25, 0.3) is 0 Å². The number of amides is 1. The molecule has 0 spiro atoms. The minimum atomic E-state index is -0.328. The number of aromatic nitrogens is 1.